The maximum absolute atomic E-state index is 5.39. The van der Waals surface area contributed by atoms with Crippen LogP contribution in [0.2, 0.25) is 0 Å². The second-order valence-corrected chi connectivity index (χ2v) is 4.29. The summed E-state index contributed by atoms with van der Waals surface area (Å²) < 4.78 is 12.2. The lowest BCUT2D eigenvalue weighted by molar-refractivity contribution is 0.311. The SMILES string of the molecule is CCNCc1coc(Oc2ncn(-c3ccccc3)n2)n1. The van der Waals surface area contributed by atoms with Crippen molar-refractivity contribution in [3.63, 3.8) is 0 Å². The molecule has 0 unspecified atom stereocenters. The Morgan fingerprint density at radius 1 is 1.29 bits per heavy atom. The lowest BCUT2D eigenvalue weighted by atomic mass is 10.3. The van der Waals surface area contributed by atoms with Gasteiger partial charge in [-0.25, -0.2) is 4.68 Å². The van der Waals surface area contributed by atoms with Crippen LogP contribution in [-0.2, 0) is 6.54 Å². The molecule has 108 valence electrons. The molecule has 1 aromatic carbocycles. The van der Waals surface area contributed by atoms with Crippen molar-refractivity contribution in [3.05, 3.63) is 48.6 Å². The summed E-state index contributed by atoms with van der Waals surface area (Å²) >= 11 is 0. The molecule has 21 heavy (non-hydrogen) atoms. The first-order valence-electron chi connectivity index (χ1n) is 6.65. The predicted octanol–water partition coefficient (Wildman–Crippen LogP) is 2.16. The standard InChI is InChI=1S/C14H15N5O2/c1-2-15-8-11-9-20-14(17-11)21-13-16-10-19(18-13)12-6-4-3-5-7-12/h3-7,9-10,15H,2,8H2,1H3. The molecule has 0 fully saturated rings. The molecular weight excluding hydrogens is 270 g/mol. The van der Waals surface area contributed by atoms with Gasteiger partial charge in [0.05, 0.1) is 11.4 Å². The number of nitrogens with zero attached hydrogens (tertiary/aromatic N) is 4. The first-order valence-corrected chi connectivity index (χ1v) is 6.65. The Kier molecular flexibility index (Phi) is 3.92. The highest BCUT2D eigenvalue weighted by Gasteiger charge is 2.10. The number of aromatic nitrogens is 4. The molecular formula is C14H15N5O2. The van der Waals surface area contributed by atoms with Crippen LogP contribution in [0.5, 0.6) is 12.1 Å². The van der Waals surface area contributed by atoms with Crippen LogP contribution >= 0.6 is 0 Å². The molecule has 3 aromatic rings. The van der Waals surface area contributed by atoms with E-state index >= 15 is 0 Å². The van der Waals surface area contributed by atoms with Crippen LogP contribution in [-0.4, -0.2) is 26.3 Å². The quantitative estimate of drug-likeness (QED) is 0.747. The minimum atomic E-state index is 0.133. The maximum Gasteiger partial charge on any atom is 0.401 e. The fourth-order valence-electron chi connectivity index (χ4n) is 1.75. The van der Waals surface area contributed by atoms with E-state index in [-0.39, 0.29) is 12.1 Å². The van der Waals surface area contributed by atoms with Crippen LogP contribution in [0.1, 0.15) is 12.6 Å². The van der Waals surface area contributed by atoms with E-state index in [4.69, 9.17) is 9.15 Å². The van der Waals surface area contributed by atoms with Gasteiger partial charge in [0.1, 0.15) is 12.6 Å². The minimum absolute atomic E-state index is 0.133. The van der Waals surface area contributed by atoms with Crippen LogP contribution in [0.25, 0.3) is 5.69 Å². The molecule has 0 aliphatic heterocycles. The van der Waals surface area contributed by atoms with Crippen molar-refractivity contribution in [2.24, 2.45) is 0 Å². The van der Waals surface area contributed by atoms with Gasteiger partial charge < -0.3 is 14.5 Å². The number of hydrogen-bond acceptors (Lipinski definition) is 6. The third-order valence-corrected chi connectivity index (χ3v) is 2.76. The molecule has 7 heteroatoms. The van der Waals surface area contributed by atoms with Gasteiger partial charge in [0.2, 0.25) is 0 Å². The normalized spacial score (nSPS) is 10.7. The molecule has 3 rings (SSSR count). The summed E-state index contributed by atoms with van der Waals surface area (Å²) in [7, 11) is 0. The monoisotopic (exact) mass is 285 g/mol. The highest BCUT2D eigenvalue weighted by atomic mass is 16.6. The first-order chi connectivity index (χ1) is 10.3. The molecule has 7 nitrogen and oxygen atoms in total. The fourth-order valence-corrected chi connectivity index (χ4v) is 1.75. The van der Waals surface area contributed by atoms with Gasteiger partial charge in [-0.3, -0.25) is 0 Å². The molecule has 2 heterocycles. The van der Waals surface area contributed by atoms with Gasteiger partial charge in [0, 0.05) is 6.54 Å². The van der Waals surface area contributed by atoms with E-state index in [1.807, 2.05) is 37.3 Å². The highest BCUT2D eigenvalue weighted by molar-refractivity contribution is 5.29. The number of para-hydroxylation sites is 1. The van der Waals surface area contributed by atoms with Crippen molar-refractivity contribution >= 4 is 0 Å². The lowest BCUT2D eigenvalue weighted by Crippen LogP contribution is -2.11. The zero-order chi connectivity index (χ0) is 14.5. The Balaban J connectivity index is 1.68. The summed E-state index contributed by atoms with van der Waals surface area (Å²) in [5.41, 5.74) is 1.68. The second kappa shape index (κ2) is 6.19. The molecule has 0 aliphatic carbocycles. The van der Waals surface area contributed by atoms with Crippen molar-refractivity contribution in [3.8, 4) is 17.8 Å². The maximum atomic E-state index is 5.39. The van der Waals surface area contributed by atoms with Crippen molar-refractivity contribution in [2.75, 3.05) is 6.54 Å². The van der Waals surface area contributed by atoms with E-state index in [9.17, 15) is 0 Å². The largest absolute Gasteiger partial charge is 0.417 e. The molecule has 0 atom stereocenters. The smallest absolute Gasteiger partial charge is 0.401 e. The molecule has 0 aliphatic rings. The second-order valence-electron chi connectivity index (χ2n) is 4.29. The van der Waals surface area contributed by atoms with Crippen LogP contribution in [0.4, 0.5) is 0 Å². The molecule has 0 bridgehead atoms. The summed E-state index contributed by atoms with van der Waals surface area (Å²) in [6.07, 6.45) is 3.26. The number of hydrogen-bond donors (Lipinski definition) is 1. The van der Waals surface area contributed by atoms with Gasteiger partial charge in [0.25, 0.3) is 0 Å². The van der Waals surface area contributed by atoms with Gasteiger partial charge in [-0.1, -0.05) is 25.1 Å². The van der Waals surface area contributed by atoms with Crippen LogP contribution in [0.15, 0.2) is 47.3 Å². The molecule has 0 amide bonds. The summed E-state index contributed by atoms with van der Waals surface area (Å²) in [6.45, 7) is 3.53. The van der Waals surface area contributed by atoms with Gasteiger partial charge in [-0.15, -0.1) is 5.10 Å². The van der Waals surface area contributed by atoms with Crippen molar-refractivity contribution < 1.29 is 9.15 Å². The Morgan fingerprint density at radius 3 is 2.95 bits per heavy atom. The molecule has 1 N–H and O–H groups in total. The van der Waals surface area contributed by atoms with Crippen molar-refractivity contribution in [1.82, 2.24) is 25.1 Å². The Labute approximate surface area is 121 Å². The van der Waals surface area contributed by atoms with Gasteiger partial charge in [-0.05, 0) is 18.7 Å². The summed E-state index contributed by atoms with van der Waals surface area (Å²) in [5.74, 6) is 0. The van der Waals surface area contributed by atoms with E-state index in [0.717, 1.165) is 17.9 Å². The van der Waals surface area contributed by atoms with Crippen LogP contribution < -0.4 is 10.1 Å². The van der Waals surface area contributed by atoms with E-state index in [1.165, 1.54) is 0 Å². The van der Waals surface area contributed by atoms with Gasteiger partial charge >= 0.3 is 12.1 Å². The van der Waals surface area contributed by atoms with E-state index in [1.54, 1.807) is 17.3 Å². The Bertz CT molecular complexity index is 692. The number of rotatable bonds is 6. The molecule has 0 spiro atoms. The fraction of sp³-hybridized carbons (Fsp3) is 0.214. The number of oxazole rings is 1. The Morgan fingerprint density at radius 2 is 2.14 bits per heavy atom. The average molecular weight is 285 g/mol. The van der Waals surface area contributed by atoms with Gasteiger partial charge in [-0.2, -0.15) is 9.97 Å². The number of ether oxygens (including phenoxy) is 1. The van der Waals surface area contributed by atoms with E-state index in [2.05, 4.69) is 20.4 Å². The van der Waals surface area contributed by atoms with E-state index < -0.39 is 0 Å². The Hall–Kier alpha value is -2.67. The summed E-state index contributed by atoms with van der Waals surface area (Å²) in [4.78, 5) is 8.26. The molecule has 2 aromatic heterocycles. The number of benzene rings is 1. The summed E-state index contributed by atoms with van der Waals surface area (Å²) in [5, 5.41) is 7.37. The van der Waals surface area contributed by atoms with Crippen molar-refractivity contribution in [1.29, 1.82) is 0 Å². The van der Waals surface area contributed by atoms with Crippen LogP contribution in [0.3, 0.4) is 0 Å². The molecule has 0 saturated carbocycles. The zero-order valence-corrected chi connectivity index (χ0v) is 11.6. The first kappa shape index (κ1) is 13.3. The third kappa shape index (κ3) is 3.26. The lowest BCUT2D eigenvalue weighted by Gasteiger charge is -1.97. The highest BCUT2D eigenvalue weighted by Crippen LogP contribution is 2.17. The van der Waals surface area contributed by atoms with E-state index in [0.29, 0.717) is 6.54 Å². The molecule has 0 radical (unpaired) electrons. The average Bonchev–Trinajstić information content (AvgIpc) is 3.16. The minimum Gasteiger partial charge on any atom is -0.417 e. The third-order valence-electron chi connectivity index (χ3n) is 2.76. The van der Waals surface area contributed by atoms with Gasteiger partial charge in [0.15, 0.2) is 0 Å². The number of nitrogens with one attached hydrogen (secondary N) is 1. The molecule has 0 saturated heterocycles. The topological polar surface area (TPSA) is 78.0 Å². The van der Waals surface area contributed by atoms with Crippen molar-refractivity contribution in [2.45, 2.75) is 13.5 Å². The predicted molar refractivity (Wildman–Crippen MR) is 75.3 cm³/mol. The summed E-state index contributed by atoms with van der Waals surface area (Å²) in [6, 6.07) is 9.85. The van der Waals surface area contributed by atoms with Crippen LogP contribution in [0, 0.1) is 0 Å². The zero-order valence-electron chi connectivity index (χ0n) is 11.6.